The molecule has 146 valence electrons. The van der Waals surface area contributed by atoms with Crippen molar-refractivity contribution in [3.8, 4) is 0 Å². The van der Waals surface area contributed by atoms with Crippen molar-refractivity contribution in [2.45, 2.75) is 32.7 Å². The predicted octanol–water partition coefficient (Wildman–Crippen LogP) is 3.61. The third kappa shape index (κ3) is 6.95. The molecule has 1 fully saturated rings. The lowest BCUT2D eigenvalue weighted by Crippen LogP contribution is -2.42. The first-order valence-electron chi connectivity index (χ1n) is 8.94. The summed E-state index contributed by atoms with van der Waals surface area (Å²) in [7, 11) is 3.71. The Labute approximate surface area is 179 Å². The summed E-state index contributed by atoms with van der Waals surface area (Å²) in [5.41, 5.74) is 1.05. The number of guanidine groups is 1. The Balaban J connectivity index is 0.00000338. The van der Waals surface area contributed by atoms with Gasteiger partial charge >= 0.3 is 0 Å². The maximum Gasteiger partial charge on any atom is 0.224 e. The molecule has 0 saturated carbocycles. The maximum atomic E-state index is 12.3. The second kappa shape index (κ2) is 11.6. The van der Waals surface area contributed by atoms with Gasteiger partial charge in [0.2, 0.25) is 5.91 Å². The Bertz CT molecular complexity index is 611. The average Bonchev–Trinajstić information content (AvgIpc) is 2.60. The zero-order chi connectivity index (χ0) is 18.2. The smallest absolute Gasteiger partial charge is 0.224 e. The Morgan fingerprint density at radius 2 is 2.15 bits per heavy atom. The first-order chi connectivity index (χ1) is 12.0. The van der Waals surface area contributed by atoms with Gasteiger partial charge in [0.15, 0.2) is 5.96 Å². The summed E-state index contributed by atoms with van der Waals surface area (Å²) in [6.07, 6.45) is 2.83. The highest BCUT2D eigenvalue weighted by Crippen LogP contribution is 2.17. The molecule has 1 aromatic carbocycles. The normalized spacial score (nSPS) is 17.5. The number of piperidine rings is 1. The number of benzene rings is 1. The molecule has 0 bridgehead atoms. The van der Waals surface area contributed by atoms with E-state index in [4.69, 9.17) is 11.6 Å². The molecule has 0 aliphatic carbocycles. The Morgan fingerprint density at radius 3 is 2.81 bits per heavy atom. The van der Waals surface area contributed by atoms with Crippen LogP contribution < -0.4 is 5.32 Å². The highest BCUT2D eigenvalue weighted by molar-refractivity contribution is 14.0. The van der Waals surface area contributed by atoms with Crippen molar-refractivity contribution in [2.24, 2.45) is 10.9 Å². The summed E-state index contributed by atoms with van der Waals surface area (Å²) in [6.45, 7) is 5.24. The molecule has 1 aromatic rings. The van der Waals surface area contributed by atoms with Crippen molar-refractivity contribution < 1.29 is 4.79 Å². The van der Waals surface area contributed by atoms with Crippen LogP contribution in [0.4, 0.5) is 0 Å². The van der Waals surface area contributed by atoms with Crippen LogP contribution in [0.3, 0.4) is 0 Å². The highest BCUT2D eigenvalue weighted by atomic mass is 127. The lowest BCUT2D eigenvalue weighted by atomic mass is 10.00. The summed E-state index contributed by atoms with van der Waals surface area (Å²) in [5, 5.41) is 4.02. The monoisotopic (exact) mass is 492 g/mol. The van der Waals surface area contributed by atoms with E-state index in [2.05, 4.69) is 17.2 Å². The summed E-state index contributed by atoms with van der Waals surface area (Å²) in [4.78, 5) is 20.6. The van der Waals surface area contributed by atoms with E-state index in [1.54, 1.807) is 7.05 Å². The summed E-state index contributed by atoms with van der Waals surface area (Å²) >= 11 is 6.22. The van der Waals surface area contributed by atoms with Crippen LogP contribution in [-0.2, 0) is 11.3 Å². The van der Waals surface area contributed by atoms with Crippen molar-refractivity contribution in [1.29, 1.82) is 0 Å². The second-order valence-electron chi connectivity index (χ2n) is 6.76. The molecular formula is C19H30ClIN4O. The largest absolute Gasteiger partial charge is 0.356 e. The Kier molecular flexibility index (Phi) is 10.3. The zero-order valence-electron chi connectivity index (χ0n) is 15.9. The van der Waals surface area contributed by atoms with E-state index in [-0.39, 0.29) is 29.9 Å². The average molecular weight is 493 g/mol. The van der Waals surface area contributed by atoms with Crippen LogP contribution in [0.25, 0.3) is 0 Å². The second-order valence-corrected chi connectivity index (χ2v) is 7.17. The van der Waals surface area contributed by atoms with Gasteiger partial charge in [-0.05, 0) is 30.4 Å². The third-order valence-corrected chi connectivity index (χ3v) is 4.94. The zero-order valence-corrected chi connectivity index (χ0v) is 19.0. The molecule has 1 unspecified atom stereocenters. The lowest BCUT2D eigenvalue weighted by Gasteiger charge is -2.31. The lowest BCUT2D eigenvalue weighted by molar-refractivity contribution is -0.132. The first kappa shape index (κ1) is 23.0. The number of amides is 1. The molecule has 1 aliphatic rings. The molecule has 0 spiro atoms. The van der Waals surface area contributed by atoms with E-state index in [1.807, 2.05) is 41.1 Å². The number of nitrogens with zero attached hydrogens (tertiary/aromatic N) is 3. The van der Waals surface area contributed by atoms with Gasteiger partial charge in [-0.3, -0.25) is 9.79 Å². The number of hydrogen-bond donors (Lipinski definition) is 1. The van der Waals surface area contributed by atoms with Gasteiger partial charge in [0.05, 0.1) is 0 Å². The number of nitrogens with one attached hydrogen (secondary N) is 1. The molecule has 7 heteroatoms. The molecule has 1 saturated heterocycles. The minimum Gasteiger partial charge on any atom is -0.356 e. The Morgan fingerprint density at radius 1 is 1.42 bits per heavy atom. The summed E-state index contributed by atoms with van der Waals surface area (Å²) in [5.74, 6) is 1.60. The third-order valence-electron chi connectivity index (χ3n) is 4.57. The van der Waals surface area contributed by atoms with Crippen LogP contribution in [0.2, 0.25) is 5.02 Å². The van der Waals surface area contributed by atoms with E-state index < -0.39 is 0 Å². The van der Waals surface area contributed by atoms with E-state index in [0.29, 0.717) is 25.4 Å². The van der Waals surface area contributed by atoms with E-state index in [9.17, 15) is 4.79 Å². The number of halogens is 2. The highest BCUT2D eigenvalue weighted by Gasteiger charge is 2.20. The number of hydrogen-bond acceptors (Lipinski definition) is 2. The molecule has 1 atom stereocenters. The van der Waals surface area contributed by atoms with Crippen LogP contribution in [0.15, 0.2) is 29.3 Å². The minimum atomic E-state index is 0. The van der Waals surface area contributed by atoms with E-state index >= 15 is 0 Å². The number of likely N-dealkylation sites (tertiary alicyclic amines) is 1. The van der Waals surface area contributed by atoms with Crippen LogP contribution in [-0.4, -0.2) is 55.4 Å². The quantitative estimate of drug-likeness (QED) is 0.388. The fraction of sp³-hybridized carbons (Fsp3) is 0.579. The Hall–Kier alpha value is -1.02. The van der Waals surface area contributed by atoms with Crippen LogP contribution in [0.1, 0.15) is 31.7 Å². The number of aliphatic imine (C=N–C) groups is 1. The van der Waals surface area contributed by atoms with Gasteiger partial charge in [-0.2, -0.15) is 0 Å². The standard InChI is InChI=1S/C19H29ClN4O.HI/c1-15-7-6-12-24(13-15)18(25)10-11-22-19(21-2)23(3)14-16-8-4-5-9-17(16)20;/h4-5,8-9,15H,6-7,10-14H2,1-3H3,(H,21,22);1H. The van der Waals surface area contributed by atoms with Gasteiger partial charge in [-0.15, -0.1) is 24.0 Å². The van der Waals surface area contributed by atoms with Gasteiger partial charge in [-0.1, -0.05) is 36.7 Å². The molecule has 1 aliphatic heterocycles. The number of carbonyl (C=O) groups is 1. The van der Waals surface area contributed by atoms with Crippen LogP contribution in [0, 0.1) is 5.92 Å². The van der Waals surface area contributed by atoms with Gasteiger partial charge in [-0.25, -0.2) is 0 Å². The maximum absolute atomic E-state index is 12.3. The summed E-state index contributed by atoms with van der Waals surface area (Å²) in [6, 6.07) is 7.79. The fourth-order valence-electron chi connectivity index (χ4n) is 3.20. The van der Waals surface area contributed by atoms with Gasteiger partial charge in [0, 0.05) is 51.7 Å². The molecule has 2 rings (SSSR count). The molecule has 26 heavy (non-hydrogen) atoms. The van der Waals surface area contributed by atoms with Crippen molar-refractivity contribution in [3.63, 3.8) is 0 Å². The molecule has 5 nitrogen and oxygen atoms in total. The topological polar surface area (TPSA) is 47.9 Å². The first-order valence-corrected chi connectivity index (χ1v) is 9.32. The SMILES string of the molecule is CN=C(NCCC(=O)N1CCCC(C)C1)N(C)Cc1ccccc1Cl.I. The molecule has 0 aromatic heterocycles. The van der Waals surface area contributed by atoms with E-state index in [1.165, 1.54) is 6.42 Å². The summed E-state index contributed by atoms with van der Waals surface area (Å²) < 4.78 is 0. The fourth-order valence-corrected chi connectivity index (χ4v) is 3.39. The van der Waals surface area contributed by atoms with Crippen molar-refractivity contribution in [1.82, 2.24) is 15.1 Å². The molecular weight excluding hydrogens is 463 g/mol. The molecule has 1 amide bonds. The van der Waals surface area contributed by atoms with Crippen LogP contribution >= 0.6 is 35.6 Å². The van der Waals surface area contributed by atoms with Gasteiger partial charge < -0.3 is 15.1 Å². The van der Waals surface area contributed by atoms with Gasteiger partial charge in [0.1, 0.15) is 0 Å². The van der Waals surface area contributed by atoms with E-state index in [0.717, 1.165) is 36.1 Å². The predicted molar refractivity (Wildman–Crippen MR) is 119 cm³/mol. The number of carbonyl (C=O) groups excluding carboxylic acids is 1. The molecule has 1 heterocycles. The minimum absolute atomic E-state index is 0. The number of rotatable bonds is 5. The van der Waals surface area contributed by atoms with Crippen LogP contribution in [0.5, 0.6) is 0 Å². The van der Waals surface area contributed by atoms with Crippen molar-refractivity contribution in [2.75, 3.05) is 33.7 Å². The van der Waals surface area contributed by atoms with Gasteiger partial charge in [0.25, 0.3) is 0 Å². The molecule has 0 radical (unpaired) electrons. The molecule has 1 N–H and O–H groups in total. The van der Waals surface area contributed by atoms with Crippen molar-refractivity contribution in [3.05, 3.63) is 34.9 Å². The van der Waals surface area contributed by atoms with Crippen molar-refractivity contribution >= 4 is 47.4 Å².